The Kier molecular flexibility index (Phi) is 2.22. The van der Waals surface area contributed by atoms with Gasteiger partial charge in [0, 0.05) is 0 Å². The molecule has 0 aliphatic heterocycles. The maximum atomic E-state index is 11.0. The molecule has 0 bridgehead atoms. The van der Waals surface area contributed by atoms with Crippen LogP contribution in [0.5, 0.6) is 0 Å². The zero-order valence-corrected chi connectivity index (χ0v) is 8.00. The highest BCUT2D eigenvalue weighted by Crippen LogP contribution is 2.41. The van der Waals surface area contributed by atoms with Crippen molar-refractivity contribution < 1.29 is 4.79 Å². The molecule has 12 heavy (non-hydrogen) atoms. The summed E-state index contributed by atoms with van der Waals surface area (Å²) in [5.41, 5.74) is -0.409. The predicted octanol–water partition coefficient (Wildman–Crippen LogP) is 2.73. The zero-order valence-electron chi connectivity index (χ0n) is 8.00. The fourth-order valence-corrected chi connectivity index (χ4v) is 1.42. The number of carbonyl (C=O) groups excluding carboxylic acids is 1. The van der Waals surface area contributed by atoms with Crippen LogP contribution in [-0.4, -0.2) is 6.29 Å². The number of rotatable bonds is 1. The van der Waals surface area contributed by atoms with Gasteiger partial charge in [-0.3, -0.25) is 0 Å². The minimum atomic E-state index is -0.384. The zero-order chi connectivity index (χ0) is 9.24. The summed E-state index contributed by atoms with van der Waals surface area (Å²) in [6.07, 6.45) is 10.1. The van der Waals surface area contributed by atoms with Crippen LogP contribution < -0.4 is 0 Å². The largest absolute Gasteiger partial charge is 0.302 e. The van der Waals surface area contributed by atoms with Crippen molar-refractivity contribution in [1.29, 1.82) is 0 Å². The van der Waals surface area contributed by atoms with Gasteiger partial charge in [-0.15, -0.1) is 0 Å². The molecule has 0 aromatic heterocycles. The van der Waals surface area contributed by atoms with Gasteiger partial charge in [0.1, 0.15) is 6.29 Å². The van der Waals surface area contributed by atoms with E-state index in [-0.39, 0.29) is 10.8 Å². The van der Waals surface area contributed by atoms with Crippen LogP contribution in [0.3, 0.4) is 0 Å². The van der Waals surface area contributed by atoms with E-state index < -0.39 is 0 Å². The monoisotopic (exact) mass is 164 g/mol. The first-order chi connectivity index (χ1) is 5.52. The van der Waals surface area contributed by atoms with Gasteiger partial charge in [0.25, 0.3) is 0 Å². The Morgan fingerprint density at radius 3 is 2.00 bits per heavy atom. The Morgan fingerprint density at radius 1 is 1.25 bits per heavy atom. The van der Waals surface area contributed by atoms with Crippen molar-refractivity contribution in [2.45, 2.75) is 27.2 Å². The minimum Gasteiger partial charge on any atom is -0.302 e. The third kappa shape index (κ3) is 1.36. The molecule has 0 saturated carbocycles. The molecule has 0 unspecified atom stereocenters. The van der Waals surface area contributed by atoms with Gasteiger partial charge in [-0.05, 0) is 11.8 Å². The second-order valence-corrected chi connectivity index (χ2v) is 4.34. The summed E-state index contributed by atoms with van der Waals surface area (Å²) in [6.45, 7) is 6.25. The predicted molar refractivity (Wildman–Crippen MR) is 50.8 cm³/mol. The number of hydrogen-bond donors (Lipinski definition) is 0. The van der Waals surface area contributed by atoms with Crippen molar-refractivity contribution >= 4 is 6.29 Å². The minimum absolute atomic E-state index is 0.0256. The van der Waals surface area contributed by atoms with Crippen LogP contribution in [0, 0.1) is 10.8 Å². The SMILES string of the molecule is CC(C)(C)C1(C=O)C=CCC=C1. The molecule has 0 aromatic carbocycles. The standard InChI is InChI=1S/C11H16O/c1-10(2,3)11(9-12)7-5-4-6-8-11/h5-9H,4H2,1-3H3. The van der Waals surface area contributed by atoms with Crippen LogP contribution in [0.15, 0.2) is 24.3 Å². The molecule has 0 amide bonds. The highest BCUT2D eigenvalue weighted by atomic mass is 16.1. The smallest absolute Gasteiger partial charge is 0.134 e. The van der Waals surface area contributed by atoms with E-state index in [4.69, 9.17) is 0 Å². The molecular weight excluding hydrogens is 148 g/mol. The summed E-state index contributed by atoms with van der Waals surface area (Å²) in [4.78, 5) is 11.0. The first-order valence-electron chi connectivity index (χ1n) is 4.33. The summed E-state index contributed by atoms with van der Waals surface area (Å²) >= 11 is 0. The van der Waals surface area contributed by atoms with Crippen molar-refractivity contribution in [2.24, 2.45) is 10.8 Å². The maximum absolute atomic E-state index is 11.0. The summed E-state index contributed by atoms with van der Waals surface area (Å²) < 4.78 is 0. The lowest BCUT2D eigenvalue weighted by molar-refractivity contribution is -0.115. The fraction of sp³-hybridized carbons (Fsp3) is 0.545. The quantitative estimate of drug-likeness (QED) is 0.430. The molecule has 66 valence electrons. The normalized spacial score (nSPS) is 20.9. The highest BCUT2D eigenvalue weighted by Gasteiger charge is 2.37. The van der Waals surface area contributed by atoms with Gasteiger partial charge in [0.2, 0.25) is 0 Å². The van der Waals surface area contributed by atoms with Gasteiger partial charge in [0.15, 0.2) is 0 Å². The van der Waals surface area contributed by atoms with E-state index in [1.807, 2.05) is 12.2 Å². The molecular formula is C11H16O. The molecule has 1 aliphatic carbocycles. The van der Waals surface area contributed by atoms with E-state index in [2.05, 4.69) is 32.9 Å². The molecule has 0 spiro atoms. The van der Waals surface area contributed by atoms with Gasteiger partial charge in [-0.2, -0.15) is 0 Å². The van der Waals surface area contributed by atoms with Crippen LogP contribution in [-0.2, 0) is 4.79 Å². The Labute approximate surface area is 74.2 Å². The van der Waals surface area contributed by atoms with Crippen LogP contribution in [0.4, 0.5) is 0 Å². The van der Waals surface area contributed by atoms with E-state index in [9.17, 15) is 4.79 Å². The molecule has 0 saturated heterocycles. The third-order valence-electron chi connectivity index (χ3n) is 2.55. The average molecular weight is 164 g/mol. The molecule has 0 aromatic rings. The average Bonchev–Trinajstić information content (AvgIpc) is 2.04. The molecule has 1 rings (SSSR count). The van der Waals surface area contributed by atoms with Gasteiger partial charge in [-0.1, -0.05) is 45.1 Å². The highest BCUT2D eigenvalue weighted by molar-refractivity contribution is 5.68. The van der Waals surface area contributed by atoms with Crippen molar-refractivity contribution in [3.63, 3.8) is 0 Å². The Bertz CT molecular complexity index is 216. The third-order valence-corrected chi connectivity index (χ3v) is 2.55. The molecule has 1 heteroatoms. The van der Waals surface area contributed by atoms with Gasteiger partial charge >= 0.3 is 0 Å². The van der Waals surface area contributed by atoms with E-state index in [1.54, 1.807) is 0 Å². The maximum Gasteiger partial charge on any atom is 0.134 e. The van der Waals surface area contributed by atoms with Crippen molar-refractivity contribution in [3.8, 4) is 0 Å². The molecule has 0 atom stereocenters. The first kappa shape index (κ1) is 9.24. The number of aldehydes is 1. The molecule has 1 nitrogen and oxygen atoms in total. The Balaban J connectivity index is 3.05. The lowest BCUT2D eigenvalue weighted by atomic mass is 9.66. The van der Waals surface area contributed by atoms with Crippen LogP contribution in [0.25, 0.3) is 0 Å². The lowest BCUT2D eigenvalue weighted by Crippen LogP contribution is -2.34. The molecule has 0 fully saturated rings. The number of hydrogen-bond acceptors (Lipinski definition) is 1. The number of allylic oxidation sites excluding steroid dienone is 4. The molecule has 0 N–H and O–H groups in total. The number of carbonyl (C=O) groups is 1. The molecule has 0 radical (unpaired) electrons. The van der Waals surface area contributed by atoms with Crippen molar-refractivity contribution in [2.75, 3.05) is 0 Å². The van der Waals surface area contributed by atoms with Gasteiger partial charge in [-0.25, -0.2) is 0 Å². The van der Waals surface area contributed by atoms with Gasteiger partial charge < -0.3 is 4.79 Å². The van der Waals surface area contributed by atoms with Crippen LogP contribution in [0.1, 0.15) is 27.2 Å². The summed E-state index contributed by atoms with van der Waals surface area (Å²) in [6, 6.07) is 0. The summed E-state index contributed by atoms with van der Waals surface area (Å²) in [5.74, 6) is 0. The first-order valence-corrected chi connectivity index (χ1v) is 4.33. The Morgan fingerprint density at radius 2 is 1.75 bits per heavy atom. The summed E-state index contributed by atoms with van der Waals surface area (Å²) in [7, 11) is 0. The van der Waals surface area contributed by atoms with E-state index in [0.29, 0.717) is 0 Å². The second kappa shape index (κ2) is 2.89. The van der Waals surface area contributed by atoms with E-state index >= 15 is 0 Å². The van der Waals surface area contributed by atoms with Crippen LogP contribution in [0.2, 0.25) is 0 Å². The lowest BCUT2D eigenvalue weighted by Gasteiger charge is -2.36. The molecule has 0 heterocycles. The second-order valence-electron chi connectivity index (χ2n) is 4.34. The van der Waals surface area contributed by atoms with E-state index in [0.717, 1.165) is 12.7 Å². The van der Waals surface area contributed by atoms with Crippen molar-refractivity contribution in [3.05, 3.63) is 24.3 Å². The van der Waals surface area contributed by atoms with Gasteiger partial charge in [0.05, 0.1) is 5.41 Å². The molecule has 1 aliphatic rings. The van der Waals surface area contributed by atoms with Crippen molar-refractivity contribution in [1.82, 2.24) is 0 Å². The summed E-state index contributed by atoms with van der Waals surface area (Å²) in [5, 5.41) is 0. The Hall–Kier alpha value is -0.850. The van der Waals surface area contributed by atoms with Crippen LogP contribution >= 0.6 is 0 Å². The fourth-order valence-electron chi connectivity index (χ4n) is 1.42. The van der Waals surface area contributed by atoms with E-state index in [1.165, 1.54) is 0 Å². The topological polar surface area (TPSA) is 17.1 Å².